The van der Waals surface area contributed by atoms with Crippen LogP contribution in [0.15, 0.2) is 30.6 Å². The summed E-state index contributed by atoms with van der Waals surface area (Å²) in [6, 6.07) is 7.75. The van der Waals surface area contributed by atoms with Crippen LogP contribution in [0.1, 0.15) is 32.3 Å². The molecule has 0 amide bonds. The van der Waals surface area contributed by atoms with Crippen LogP contribution in [-0.4, -0.2) is 16.6 Å². The highest BCUT2D eigenvalue weighted by molar-refractivity contribution is 6.30. The number of benzene rings is 1. The van der Waals surface area contributed by atoms with Gasteiger partial charge >= 0.3 is 0 Å². The van der Waals surface area contributed by atoms with Crippen LogP contribution in [0.5, 0.6) is 5.75 Å². The molecule has 0 saturated carbocycles. The van der Waals surface area contributed by atoms with Crippen LogP contribution in [0.2, 0.25) is 5.15 Å². The summed E-state index contributed by atoms with van der Waals surface area (Å²) in [5.74, 6) is 1.73. The Balaban J connectivity index is 2.38. The van der Waals surface area contributed by atoms with Crippen LogP contribution >= 0.6 is 11.6 Å². The number of halogens is 1. The third-order valence-electron chi connectivity index (χ3n) is 2.85. The molecule has 1 heterocycles. The molecule has 2 aromatic rings. The van der Waals surface area contributed by atoms with Crippen molar-refractivity contribution in [2.75, 3.05) is 11.9 Å². The van der Waals surface area contributed by atoms with Crippen LogP contribution in [0.4, 0.5) is 11.5 Å². The number of hydrogen-bond acceptors (Lipinski definition) is 4. The van der Waals surface area contributed by atoms with Gasteiger partial charge in [0.25, 0.3) is 0 Å². The van der Waals surface area contributed by atoms with E-state index < -0.39 is 0 Å². The molecular weight excluding hydrogens is 274 g/mol. The topological polar surface area (TPSA) is 47.0 Å². The third kappa shape index (κ3) is 3.20. The van der Waals surface area contributed by atoms with E-state index in [4.69, 9.17) is 16.3 Å². The molecule has 0 atom stereocenters. The van der Waals surface area contributed by atoms with Crippen molar-refractivity contribution in [1.29, 1.82) is 0 Å². The molecule has 0 bridgehead atoms. The largest absolute Gasteiger partial charge is 0.492 e. The van der Waals surface area contributed by atoms with Crippen molar-refractivity contribution < 1.29 is 4.74 Å². The molecule has 0 fully saturated rings. The number of aromatic nitrogens is 2. The molecule has 0 aliphatic rings. The molecule has 0 aliphatic heterocycles. The van der Waals surface area contributed by atoms with Gasteiger partial charge in [0, 0.05) is 5.56 Å². The second-order valence-electron chi connectivity index (χ2n) is 4.64. The van der Waals surface area contributed by atoms with Crippen molar-refractivity contribution in [3.8, 4) is 5.75 Å². The number of rotatable bonds is 5. The highest BCUT2D eigenvalue weighted by atomic mass is 35.5. The number of nitrogens with one attached hydrogen (secondary N) is 1. The Hall–Kier alpha value is -1.81. The predicted octanol–water partition coefficient (Wildman–Crippen LogP) is 4.40. The fourth-order valence-corrected chi connectivity index (χ4v) is 2.32. The van der Waals surface area contributed by atoms with Gasteiger partial charge < -0.3 is 10.1 Å². The Morgan fingerprint density at radius 2 is 2.00 bits per heavy atom. The average Bonchev–Trinajstić information content (AvgIpc) is 2.41. The second kappa shape index (κ2) is 6.57. The van der Waals surface area contributed by atoms with Crippen LogP contribution in [0.25, 0.3) is 0 Å². The van der Waals surface area contributed by atoms with Crippen LogP contribution in [0.3, 0.4) is 0 Å². The number of nitrogens with zero attached hydrogens (tertiary/aromatic N) is 2. The lowest BCUT2D eigenvalue weighted by atomic mass is 10.1. The quantitative estimate of drug-likeness (QED) is 0.830. The van der Waals surface area contributed by atoms with Crippen molar-refractivity contribution in [1.82, 2.24) is 9.97 Å². The van der Waals surface area contributed by atoms with E-state index in [-0.39, 0.29) is 5.92 Å². The highest BCUT2D eigenvalue weighted by Gasteiger charge is 2.14. The number of para-hydroxylation sites is 2. The highest BCUT2D eigenvalue weighted by Crippen LogP contribution is 2.33. The first-order valence-electron chi connectivity index (χ1n) is 6.62. The minimum absolute atomic E-state index is 0.227. The lowest BCUT2D eigenvalue weighted by Gasteiger charge is -2.16. The number of ether oxygens (including phenoxy) is 1. The Morgan fingerprint density at radius 1 is 1.25 bits per heavy atom. The van der Waals surface area contributed by atoms with Crippen LogP contribution < -0.4 is 10.1 Å². The standard InChI is InChI=1S/C15H18ClN3O/c1-4-20-12-8-6-5-7-11(12)19-15-13(10(2)3)14(16)17-9-18-15/h5-10H,4H2,1-3H3,(H,17,18,19). The first-order chi connectivity index (χ1) is 9.63. The summed E-state index contributed by atoms with van der Waals surface area (Å²) in [4.78, 5) is 8.34. The Labute approximate surface area is 124 Å². The zero-order valence-corrected chi connectivity index (χ0v) is 12.6. The van der Waals surface area contributed by atoms with Crippen LogP contribution in [-0.2, 0) is 0 Å². The molecule has 0 radical (unpaired) electrons. The van der Waals surface area contributed by atoms with Gasteiger partial charge in [-0.05, 0) is 25.0 Å². The summed E-state index contributed by atoms with van der Waals surface area (Å²) < 4.78 is 5.60. The van der Waals surface area contributed by atoms with E-state index in [0.717, 1.165) is 17.0 Å². The molecule has 0 spiro atoms. The summed E-state index contributed by atoms with van der Waals surface area (Å²) in [5.41, 5.74) is 1.77. The minimum atomic E-state index is 0.227. The molecule has 5 heteroatoms. The van der Waals surface area contributed by atoms with Gasteiger partial charge in [-0.1, -0.05) is 37.6 Å². The van der Waals surface area contributed by atoms with Gasteiger partial charge in [-0.3, -0.25) is 0 Å². The van der Waals surface area contributed by atoms with Gasteiger partial charge in [-0.15, -0.1) is 0 Å². The second-order valence-corrected chi connectivity index (χ2v) is 4.99. The lowest BCUT2D eigenvalue weighted by Crippen LogP contribution is -2.04. The summed E-state index contributed by atoms with van der Waals surface area (Å²) >= 11 is 6.17. The Bertz CT molecular complexity index is 587. The zero-order valence-electron chi connectivity index (χ0n) is 11.9. The first kappa shape index (κ1) is 14.6. The van der Waals surface area contributed by atoms with Crippen molar-refractivity contribution in [2.24, 2.45) is 0 Å². The maximum atomic E-state index is 6.17. The van der Waals surface area contributed by atoms with Crippen molar-refractivity contribution in [3.63, 3.8) is 0 Å². The molecular formula is C15H18ClN3O. The predicted molar refractivity (Wildman–Crippen MR) is 82.0 cm³/mol. The third-order valence-corrected chi connectivity index (χ3v) is 3.15. The zero-order chi connectivity index (χ0) is 14.5. The van der Waals surface area contributed by atoms with Crippen molar-refractivity contribution in [3.05, 3.63) is 41.3 Å². The SMILES string of the molecule is CCOc1ccccc1Nc1ncnc(Cl)c1C(C)C. The fraction of sp³-hybridized carbons (Fsp3) is 0.333. The molecule has 2 rings (SSSR count). The van der Waals surface area contributed by atoms with Gasteiger partial charge in [-0.25, -0.2) is 9.97 Å². The van der Waals surface area contributed by atoms with Gasteiger partial charge in [0.15, 0.2) is 0 Å². The van der Waals surface area contributed by atoms with E-state index in [1.165, 1.54) is 6.33 Å². The van der Waals surface area contributed by atoms with E-state index in [9.17, 15) is 0 Å². The first-order valence-corrected chi connectivity index (χ1v) is 7.00. The van der Waals surface area contributed by atoms with Crippen LogP contribution in [0, 0.1) is 0 Å². The fourth-order valence-electron chi connectivity index (χ4n) is 1.96. The maximum Gasteiger partial charge on any atom is 0.142 e. The summed E-state index contributed by atoms with van der Waals surface area (Å²) in [6.07, 6.45) is 1.46. The molecule has 4 nitrogen and oxygen atoms in total. The normalized spacial score (nSPS) is 10.7. The van der Waals surface area contributed by atoms with Gasteiger partial charge in [-0.2, -0.15) is 0 Å². The Morgan fingerprint density at radius 3 is 2.70 bits per heavy atom. The number of hydrogen-bond donors (Lipinski definition) is 1. The maximum absolute atomic E-state index is 6.17. The van der Waals surface area contributed by atoms with Crippen molar-refractivity contribution in [2.45, 2.75) is 26.7 Å². The molecule has 0 saturated heterocycles. The van der Waals surface area contributed by atoms with Gasteiger partial charge in [0.1, 0.15) is 23.0 Å². The smallest absolute Gasteiger partial charge is 0.142 e. The minimum Gasteiger partial charge on any atom is -0.492 e. The molecule has 1 aromatic carbocycles. The van der Waals surface area contributed by atoms with Gasteiger partial charge in [0.05, 0.1) is 12.3 Å². The lowest BCUT2D eigenvalue weighted by molar-refractivity contribution is 0.342. The average molecular weight is 292 g/mol. The van der Waals surface area contributed by atoms with E-state index in [1.807, 2.05) is 31.2 Å². The summed E-state index contributed by atoms with van der Waals surface area (Å²) in [7, 11) is 0. The van der Waals surface area contributed by atoms with Gasteiger partial charge in [0.2, 0.25) is 0 Å². The molecule has 0 aliphatic carbocycles. The number of anilines is 2. The molecule has 1 aromatic heterocycles. The molecule has 0 unspecified atom stereocenters. The van der Waals surface area contributed by atoms with E-state index >= 15 is 0 Å². The van der Waals surface area contributed by atoms with E-state index in [2.05, 4.69) is 29.1 Å². The molecule has 20 heavy (non-hydrogen) atoms. The Kier molecular flexibility index (Phi) is 4.79. The monoisotopic (exact) mass is 291 g/mol. The van der Waals surface area contributed by atoms with E-state index in [0.29, 0.717) is 17.6 Å². The summed E-state index contributed by atoms with van der Waals surface area (Å²) in [5, 5.41) is 3.77. The molecule has 1 N–H and O–H groups in total. The van der Waals surface area contributed by atoms with Crippen molar-refractivity contribution >= 4 is 23.1 Å². The van der Waals surface area contributed by atoms with E-state index in [1.54, 1.807) is 0 Å². The molecule has 106 valence electrons. The summed E-state index contributed by atoms with van der Waals surface area (Å²) in [6.45, 7) is 6.69.